The molecule has 1 saturated carbocycles. The van der Waals surface area contributed by atoms with E-state index in [0.717, 1.165) is 31.2 Å². The number of nitrogens with zero attached hydrogens (tertiary/aromatic N) is 2. The van der Waals surface area contributed by atoms with Crippen LogP contribution in [-0.2, 0) is 9.59 Å². The van der Waals surface area contributed by atoms with Crippen molar-refractivity contribution in [1.29, 1.82) is 0 Å². The van der Waals surface area contributed by atoms with Gasteiger partial charge in [0.15, 0.2) is 0 Å². The summed E-state index contributed by atoms with van der Waals surface area (Å²) in [5, 5.41) is 0. The van der Waals surface area contributed by atoms with Gasteiger partial charge in [0.2, 0.25) is 5.91 Å². The Kier molecular flexibility index (Phi) is 4.63. The first-order valence-electron chi connectivity index (χ1n) is 9.48. The predicted molar refractivity (Wildman–Crippen MR) is 106 cm³/mol. The molecule has 0 bridgehead atoms. The average molecular weight is 377 g/mol. The molecule has 2 N–H and O–H groups in total. The van der Waals surface area contributed by atoms with Crippen LogP contribution < -0.4 is 10.5 Å². The Labute approximate surface area is 164 Å². The molecule has 2 aliphatic rings. The lowest BCUT2D eigenvalue weighted by Gasteiger charge is -2.37. The van der Waals surface area contributed by atoms with Gasteiger partial charge in [-0.2, -0.15) is 0 Å². The third-order valence-corrected chi connectivity index (χ3v) is 5.58. The highest BCUT2D eigenvalue weighted by Gasteiger charge is 2.53. The lowest BCUT2D eigenvalue weighted by Crippen LogP contribution is -2.51. The first-order chi connectivity index (χ1) is 13.6. The molecule has 28 heavy (non-hydrogen) atoms. The van der Waals surface area contributed by atoms with E-state index in [1.165, 1.54) is 0 Å². The van der Waals surface area contributed by atoms with E-state index >= 15 is 0 Å². The fourth-order valence-electron chi connectivity index (χ4n) is 4.30. The summed E-state index contributed by atoms with van der Waals surface area (Å²) >= 11 is 0. The molecule has 2 amide bonds. The summed E-state index contributed by atoms with van der Waals surface area (Å²) in [4.78, 5) is 32.5. The van der Waals surface area contributed by atoms with Crippen LogP contribution in [-0.4, -0.2) is 35.2 Å². The van der Waals surface area contributed by atoms with Gasteiger partial charge in [0, 0.05) is 5.56 Å². The van der Waals surface area contributed by atoms with Gasteiger partial charge < -0.3 is 10.5 Å². The zero-order chi connectivity index (χ0) is 19.7. The van der Waals surface area contributed by atoms with E-state index in [1.807, 2.05) is 30.3 Å². The molecule has 6 nitrogen and oxygen atoms in total. The third kappa shape index (κ3) is 2.95. The second-order valence-corrected chi connectivity index (χ2v) is 7.27. The number of ether oxygens (including phenoxy) is 1. The first-order valence-corrected chi connectivity index (χ1v) is 9.48. The molecular formula is C22H23N3O3. The number of hydrogen-bond acceptors (Lipinski definition) is 4. The minimum Gasteiger partial charge on any atom is -0.497 e. The minimum absolute atomic E-state index is 0.250. The molecule has 2 aromatic carbocycles. The number of nitrogens with two attached hydrogens (primary N) is 1. The summed E-state index contributed by atoms with van der Waals surface area (Å²) < 4.78 is 5.30. The van der Waals surface area contributed by atoms with Crippen LogP contribution in [0.4, 0.5) is 0 Å². The summed E-state index contributed by atoms with van der Waals surface area (Å²) in [6, 6.07) is 15.6. The first kappa shape index (κ1) is 18.2. The molecule has 0 aromatic heterocycles. The molecule has 1 heterocycles. The molecule has 1 unspecified atom stereocenters. The molecule has 6 heteroatoms. The van der Waals surface area contributed by atoms with Gasteiger partial charge >= 0.3 is 0 Å². The van der Waals surface area contributed by atoms with Crippen LogP contribution in [0.3, 0.4) is 0 Å². The Hall–Kier alpha value is -3.15. The van der Waals surface area contributed by atoms with Gasteiger partial charge in [-0.25, -0.2) is 0 Å². The number of carbonyl (C=O) groups is 2. The van der Waals surface area contributed by atoms with E-state index in [1.54, 1.807) is 36.3 Å². The molecule has 0 radical (unpaired) electrons. The SMILES string of the molecule is COc1cccc(C(C(N)=O)N2C(=O)C(c3ccccc3)=NC23CCCC3)c1. The summed E-state index contributed by atoms with van der Waals surface area (Å²) in [5.74, 6) is -0.211. The number of methoxy groups -OCH3 is 1. The molecule has 1 spiro atoms. The summed E-state index contributed by atoms with van der Waals surface area (Å²) in [5.41, 5.74) is 6.89. The average Bonchev–Trinajstić information content (AvgIpc) is 3.29. The summed E-state index contributed by atoms with van der Waals surface area (Å²) in [6.45, 7) is 0. The second kappa shape index (κ2) is 7.11. The van der Waals surface area contributed by atoms with Crippen molar-refractivity contribution in [2.45, 2.75) is 37.4 Å². The highest BCUT2D eigenvalue weighted by molar-refractivity contribution is 6.47. The Morgan fingerprint density at radius 2 is 1.86 bits per heavy atom. The number of carbonyl (C=O) groups excluding carboxylic acids is 2. The predicted octanol–water partition coefficient (Wildman–Crippen LogP) is 2.82. The van der Waals surface area contributed by atoms with Crippen LogP contribution in [0.1, 0.15) is 42.9 Å². The lowest BCUT2D eigenvalue weighted by molar-refractivity contribution is -0.139. The van der Waals surface area contributed by atoms with Crippen molar-refractivity contribution in [3.05, 3.63) is 65.7 Å². The highest BCUT2D eigenvalue weighted by Crippen LogP contribution is 2.45. The van der Waals surface area contributed by atoms with Crippen molar-refractivity contribution in [1.82, 2.24) is 4.90 Å². The smallest absolute Gasteiger partial charge is 0.275 e. The van der Waals surface area contributed by atoms with Gasteiger partial charge in [0.1, 0.15) is 23.2 Å². The molecule has 4 rings (SSSR count). The van der Waals surface area contributed by atoms with Gasteiger partial charge in [-0.15, -0.1) is 0 Å². The largest absolute Gasteiger partial charge is 0.497 e. The molecule has 1 aliphatic heterocycles. The van der Waals surface area contributed by atoms with Crippen LogP contribution in [0.25, 0.3) is 0 Å². The van der Waals surface area contributed by atoms with Crippen LogP contribution >= 0.6 is 0 Å². The monoisotopic (exact) mass is 377 g/mol. The third-order valence-electron chi connectivity index (χ3n) is 5.58. The lowest BCUT2D eigenvalue weighted by atomic mass is 9.98. The Morgan fingerprint density at radius 3 is 2.50 bits per heavy atom. The van der Waals surface area contributed by atoms with Crippen molar-refractivity contribution in [3.63, 3.8) is 0 Å². The standard InChI is InChI=1S/C22H23N3O3/c1-28-17-11-7-10-16(14-17)19(20(23)26)25-21(27)18(15-8-3-2-4-9-15)24-22(25)12-5-6-13-22/h2-4,7-11,14,19H,5-6,12-13H2,1H3,(H2,23,26). The van der Waals surface area contributed by atoms with Crippen molar-refractivity contribution < 1.29 is 14.3 Å². The van der Waals surface area contributed by atoms with E-state index in [0.29, 0.717) is 17.0 Å². The number of rotatable bonds is 5. The number of aliphatic imine (C=N–C) groups is 1. The van der Waals surface area contributed by atoms with E-state index in [2.05, 4.69) is 0 Å². The Morgan fingerprint density at radius 1 is 1.14 bits per heavy atom. The van der Waals surface area contributed by atoms with E-state index in [4.69, 9.17) is 15.5 Å². The summed E-state index contributed by atoms with van der Waals surface area (Å²) in [6.07, 6.45) is 3.36. The molecule has 144 valence electrons. The van der Waals surface area contributed by atoms with E-state index < -0.39 is 17.6 Å². The van der Waals surface area contributed by atoms with E-state index in [9.17, 15) is 9.59 Å². The van der Waals surface area contributed by atoms with Crippen molar-refractivity contribution >= 4 is 17.5 Å². The zero-order valence-corrected chi connectivity index (χ0v) is 15.8. The number of hydrogen-bond donors (Lipinski definition) is 1. The quantitative estimate of drug-likeness (QED) is 0.869. The highest BCUT2D eigenvalue weighted by atomic mass is 16.5. The van der Waals surface area contributed by atoms with E-state index in [-0.39, 0.29) is 5.91 Å². The van der Waals surface area contributed by atoms with Gasteiger partial charge in [0.25, 0.3) is 5.91 Å². The maximum absolute atomic E-state index is 13.5. The van der Waals surface area contributed by atoms with Gasteiger partial charge in [-0.1, -0.05) is 42.5 Å². The van der Waals surface area contributed by atoms with Gasteiger partial charge in [-0.3, -0.25) is 19.5 Å². The number of benzene rings is 2. The number of amides is 2. The number of primary amides is 1. The molecule has 2 aromatic rings. The molecule has 1 fully saturated rings. The van der Waals surface area contributed by atoms with Gasteiger partial charge in [-0.05, 0) is 43.4 Å². The zero-order valence-electron chi connectivity index (χ0n) is 15.8. The van der Waals surface area contributed by atoms with Gasteiger partial charge in [0.05, 0.1) is 7.11 Å². The Balaban J connectivity index is 1.82. The maximum Gasteiger partial charge on any atom is 0.275 e. The van der Waals surface area contributed by atoms with Crippen LogP contribution in [0.5, 0.6) is 5.75 Å². The Bertz CT molecular complexity index is 933. The van der Waals surface area contributed by atoms with Crippen molar-refractivity contribution in [2.24, 2.45) is 10.7 Å². The fraction of sp³-hybridized carbons (Fsp3) is 0.318. The topological polar surface area (TPSA) is 85.0 Å². The molecule has 0 saturated heterocycles. The fourth-order valence-corrected chi connectivity index (χ4v) is 4.30. The summed E-state index contributed by atoms with van der Waals surface area (Å²) in [7, 11) is 1.56. The van der Waals surface area contributed by atoms with Crippen molar-refractivity contribution in [3.8, 4) is 5.75 Å². The second-order valence-electron chi connectivity index (χ2n) is 7.27. The maximum atomic E-state index is 13.5. The molecule has 1 atom stereocenters. The van der Waals surface area contributed by atoms with Crippen LogP contribution in [0.2, 0.25) is 0 Å². The molecule has 1 aliphatic carbocycles. The minimum atomic E-state index is -0.898. The van der Waals surface area contributed by atoms with Crippen LogP contribution in [0.15, 0.2) is 59.6 Å². The van der Waals surface area contributed by atoms with Crippen molar-refractivity contribution in [2.75, 3.05) is 7.11 Å². The molecular weight excluding hydrogens is 354 g/mol. The normalized spacial score (nSPS) is 19.0. The van der Waals surface area contributed by atoms with Crippen LogP contribution in [0, 0.1) is 0 Å².